The van der Waals surface area contributed by atoms with Crippen LogP contribution in [0.4, 0.5) is 5.69 Å². The average Bonchev–Trinajstić information content (AvgIpc) is 3.28. The van der Waals surface area contributed by atoms with Gasteiger partial charge in [0.15, 0.2) is 6.61 Å². The summed E-state index contributed by atoms with van der Waals surface area (Å²) in [6.45, 7) is 0.929. The second-order valence-corrected chi connectivity index (χ2v) is 9.37. The Balaban J connectivity index is 1.49. The number of carbonyl (C=O) groups excluding carboxylic acids is 1. The molecule has 1 aliphatic rings. The summed E-state index contributed by atoms with van der Waals surface area (Å²) in [6.07, 6.45) is 1.37. The van der Waals surface area contributed by atoms with Gasteiger partial charge in [0, 0.05) is 13.1 Å². The van der Waals surface area contributed by atoms with Gasteiger partial charge in [-0.25, -0.2) is 18.4 Å². The van der Waals surface area contributed by atoms with Gasteiger partial charge in [-0.1, -0.05) is 0 Å². The molecular formula is C19H20N4O6S2. The Bertz CT molecular complexity index is 1190. The number of fused-ring (bicyclic) bond motifs is 1. The Kier molecular flexibility index (Phi) is 6.32. The number of rotatable bonds is 7. The summed E-state index contributed by atoms with van der Waals surface area (Å²) >= 11 is 1.44. The first kappa shape index (κ1) is 21.4. The first-order chi connectivity index (χ1) is 15.0. The lowest BCUT2D eigenvalue weighted by Gasteiger charge is -2.26. The van der Waals surface area contributed by atoms with Crippen LogP contribution in [0.5, 0.6) is 11.6 Å². The van der Waals surface area contributed by atoms with Crippen molar-refractivity contribution in [3.63, 3.8) is 0 Å². The molecule has 0 bridgehead atoms. The number of nitrogens with one attached hydrogen (secondary N) is 1. The zero-order valence-corrected chi connectivity index (χ0v) is 18.2. The molecule has 12 heteroatoms. The number of amides is 1. The molecule has 2 aromatic heterocycles. The van der Waals surface area contributed by atoms with E-state index in [0.717, 1.165) is 10.2 Å². The van der Waals surface area contributed by atoms with Crippen molar-refractivity contribution in [2.24, 2.45) is 0 Å². The van der Waals surface area contributed by atoms with E-state index in [1.165, 1.54) is 47.3 Å². The van der Waals surface area contributed by atoms with Crippen molar-refractivity contribution < 1.29 is 27.4 Å². The number of methoxy groups -OCH3 is 1. The van der Waals surface area contributed by atoms with Crippen LogP contribution in [0.2, 0.25) is 0 Å². The topological polar surface area (TPSA) is 120 Å². The third-order valence-corrected chi connectivity index (χ3v) is 7.33. The largest absolute Gasteiger partial charge is 0.495 e. The maximum atomic E-state index is 12.9. The minimum Gasteiger partial charge on any atom is -0.495 e. The van der Waals surface area contributed by atoms with Crippen molar-refractivity contribution in [2.45, 2.75) is 4.90 Å². The van der Waals surface area contributed by atoms with Crippen molar-refractivity contribution in [2.75, 3.05) is 45.3 Å². The normalized spacial score (nSPS) is 15.0. The molecule has 31 heavy (non-hydrogen) atoms. The van der Waals surface area contributed by atoms with Crippen LogP contribution in [0, 0.1) is 0 Å². The van der Waals surface area contributed by atoms with Crippen molar-refractivity contribution in [3.8, 4) is 11.6 Å². The predicted molar refractivity (Wildman–Crippen MR) is 114 cm³/mol. The highest BCUT2D eigenvalue weighted by atomic mass is 32.2. The number of sulfonamides is 1. The molecule has 0 spiro atoms. The predicted octanol–water partition coefficient (Wildman–Crippen LogP) is 1.74. The summed E-state index contributed by atoms with van der Waals surface area (Å²) < 4.78 is 43.2. The van der Waals surface area contributed by atoms with E-state index >= 15 is 0 Å². The monoisotopic (exact) mass is 464 g/mol. The zero-order chi connectivity index (χ0) is 21.8. The van der Waals surface area contributed by atoms with Crippen molar-refractivity contribution in [1.29, 1.82) is 0 Å². The van der Waals surface area contributed by atoms with Crippen LogP contribution in [0.25, 0.3) is 10.2 Å². The van der Waals surface area contributed by atoms with Crippen LogP contribution >= 0.6 is 11.3 Å². The quantitative estimate of drug-likeness (QED) is 0.561. The van der Waals surface area contributed by atoms with Gasteiger partial charge in [0.2, 0.25) is 15.9 Å². The number of nitrogens with zero attached hydrogens (tertiary/aromatic N) is 3. The van der Waals surface area contributed by atoms with Crippen LogP contribution < -0.4 is 14.8 Å². The van der Waals surface area contributed by atoms with Gasteiger partial charge in [0.05, 0.1) is 36.3 Å². The highest BCUT2D eigenvalue weighted by Gasteiger charge is 2.27. The minimum absolute atomic E-state index is 0.0576. The van der Waals surface area contributed by atoms with Crippen LogP contribution in [0.15, 0.2) is 40.9 Å². The number of carbonyl (C=O) groups is 1. The van der Waals surface area contributed by atoms with Crippen LogP contribution in [-0.4, -0.2) is 68.6 Å². The fourth-order valence-corrected chi connectivity index (χ4v) is 5.24. The van der Waals surface area contributed by atoms with E-state index < -0.39 is 15.9 Å². The summed E-state index contributed by atoms with van der Waals surface area (Å²) in [6, 6.07) is 6.15. The second-order valence-electron chi connectivity index (χ2n) is 6.53. The molecule has 1 saturated heterocycles. The van der Waals surface area contributed by atoms with E-state index in [1.807, 2.05) is 11.4 Å². The number of hydrogen-bond acceptors (Lipinski definition) is 9. The average molecular weight is 465 g/mol. The van der Waals surface area contributed by atoms with Crippen LogP contribution in [-0.2, 0) is 19.6 Å². The molecule has 0 saturated carbocycles. The molecule has 1 aliphatic heterocycles. The molecule has 0 atom stereocenters. The van der Waals surface area contributed by atoms with Gasteiger partial charge in [-0.2, -0.15) is 4.31 Å². The molecule has 4 rings (SSSR count). The van der Waals surface area contributed by atoms with Gasteiger partial charge in [0.1, 0.15) is 16.9 Å². The van der Waals surface area contributed by atoms with Crippen molar-refractivity contribution in [1.82, 2.24) is 14.3 Å². The summed E-state index contributed by atoms with van der Waals surface area (Å²) in [7, 11) is -2.28. The number of thiophene rings is 1. The minimum atomic E-state index is -3.72. The number of ether oxygens (including phenoxy) is 3. The summed E-state index contributed by atoms with van der Waals surface area (Å²) in [5.74, 6) is 0.148. The highest BCUT2D eigenvalue weighted by molar-refractivity contribution is 7.89. The molecule has 0 aliphatic carbocycles. The van der Waals surface area contributed by atoms with Gasteiger partial charge < -0.3 is 19.5 Å². The molecule has 0 radical (unpaired) electrons. The third kappa shape index (κ3) is 4.61. The molecule has 0 unspecified atom stereocenters. The van der Waals surface area contributed by atoms with E-state index in [0.29, 0.717) is 24.8 Å². The lowest BCUT2D eigenvalue weighted by atomic mass is 10.3. The summed E-state index contributed by atoms with van der Waals surface area (Å²) in [5, 5.41) is 5.23. The van der Waals surface area contributed by atoms with Crippen molar-refractivity contribution in [3.05, 3.63) is 36.0 Å². The standard InChI is InChI=1S/C19H20N4O6S2/c1-27-16-3-2-13(31(25,26)23-5-7-28-8-6-23)10-15(16)22-17(24)11-29-18-14-4-9-30-19(14)21-12-20-18/h2-4,9-10,12H,5-8,11H2,1H3,(H,22,24). The maximum absolute atomic E-state index is 12.9. The molecule has 3 aromatic rings. The van der Waals surface area contributed by atoms with Crippen LogP contribution in [0.3, 0.4) is 0 Å². The number of morpholine rings is 1. The Morgan fingerprint density at radius 3 is 2.84 bits per heavy atom. The third-order valence-electron chi connectivity index (χ3n) is 4.62. The zero-order valence-electron chi connectivity index (χ0n) is 16.6. The number of benzene rings is 1. The number of anilines is 1. The number of hydrogen-bond donors (Lipinski definition) is 1. The van der Waals surface area contributed by atoms with E-state index in [9.17, 15) is 13.2 Å². The Morgan fingerprint density at radius 2 is 2.06 bits per heavy atom. The lowest BCUT2D eigenvalue weighted by Crippen LogP contribution is -2.40. The fraction of sp³-hybridized carbons (Fsp3) is 0.316. The van der Waals surface area contributed by atoms with E-state index in [4.69, 9.17) is 14.2 Å². The summed E-state index contributed by atoms with van der Waals surface area (Å²) in [4.78, 5) is 21.5. The Labute approximate surface area is 182 Å². The SMILES string of the molecule is COc1ccc(S(=O)(=O)N2CCOCC2)cc1NC(=O)COc1ncnc2sccc12. The molecule has 1 fully saturated rings. The molecule has 1 amide bonds. The van der Waals surface area contributed by atoms with Gasteiger partial charge in [0.25, 0.3) is 5.91 Å². The smallest absolute Gasteiger partial charge is 0.262 e. The van der Waals surface area contributed by atoms with Crippen LogP contribution in [0.1, 0.15) is 0 Å². The lowest BCUT2D eigenvalue weighted by molar-refractivity contribution is -0.118. The first-order valence-corrected chi connectivity index (χ1v) is 11.7. The van der Waals surface area contributed by atoms with Gasteiger partial charge in [-0.3, -0.25) is 4.79 Å². The maximum Gasteiger partial charge on any atom is 0.262 e. The van der Waals surface area contributed by atoms with E-state index in [-0.39, 0.29) is 30.3 Å². The highest BCUT2D eigenvalue weighted by Crippen LogP contribution is 2.29. The Hall–Kier alpha value is -2.80. The Morgan fingerprint density at radius 1 is 1.26 bits per heavy atom. The number of aromatic nitrogens is 2. The van der Waals surface area contributed by atoms with E-state index in [1.54, 1.807) is 0 Å². The molecule has 1 aromatic carbocycles. The molecule has 3 heterocycles. The fourth-order valence-electron chi connectivity index (χ4n) is 3.08. The van der Waals surface area contributed by atoms with Gasteiger partial charge >= 0.3 is 0 Å². The van der Waals surface area contributed by atoms with Crippen molar-refractivity contribution >= 4 is 43.2 Å². The van der Waals surface area contributed by atoms with E-state index in [2.05, 4.69) is 15.3 Å². The summed E-state index contributed by atoms with van der Waals surface area (Å²) in [5.41, 5.74) is 0.230. The first-order valence-electron chi connectivity index (χ1n) is 9.36. The molecule has 164 valence electrons. The molecule has 10 nitrogen and oxygen atoms in total. The molecule has 1 N–H and O–H groups in total. The second kappa shape index (κ2) is 9.14. The van der Waals surface area contributed by atoms with Gasteiger partial charge in [-0.15, -0.1) is 11.3 Å². The molecular weight excluding hydrogens is 444 g/mol. The van der Waals surface area contributed by atoms with Gasteiger partial charge in [-0.05, 0) is 29.6 Å².